The number of hydrogen-bond acceptors (Lipinski definition) is 2. The zero-order valence-corrected chi connectivity index (χ0v) is 9.99. The van der Waals surface area contributed by atoms with Crippen molar-refractivity contribution < 1.29 is 4.79 Å². The first-order valence-corrected chi connectivity index (χ1v) is 5.67. The van der Waals surface area contributed by atoms with Gasteiger partial charge < -0.3 is 11.1 Å². The summed E-state index contributed by atoms with van der Waals surface area (Å²) in [4.78, 5) is 11.3. The molecule has 1 amide bonds. The van der Waals surface area contributed by atoms with Gasteiger partial charge in [0.05, 0.1) is 0 Å². The highest BCUT2D eigenvalue weighted by Crippen LogP contribution is 2.09. The fraction of sp³-hybridized carbons (Fsp3) is 0.462. The molecule has 0 aromatic heterocycles. The van der Waals surface area contributed by atoms with Crippen LogP contribution in [-0.4, -0.2) is 18.5 Å². The van der Waals surface area contributed by atoms with Crippen LogP contribution >= 0.6 is 0 Å². The predicted molar refractivity (Wildman–Crippen MR) is 66.2 cm³/mol. The Morgan fingerprint density at radius 2 is 2.12 bits per heavy atom. The van der Waals surface area contributed by atoms with Crippen LogP contribution in [0.4, 0.5) is 0 Å². The van der Waals surface area contributed by atoms with Gasteiger partial charge in [-0.1, -0.05) is 24.3 Å². The molecule has 1 aromatic carbocycles. The molecule has 0 bridgehead atoms. The quantitative estimate of drug-likeness (QED) is 0.788. The molecule has 0 heterocycles. The molecule has 0 radical (unpaired) electrons. The van der Waals surface area contributed by atoms with Gasteiger partial charge in [-0.25, -0.2) is 0 Å². The van der Waals surface area contributed by atoms with Gasteiger partial charge in [0.1, 0.15) is 0 Å². The molecule has 1 aromatic rings. The minimum atomic E-state index is 0.0311. The zero-order chi connectivity index (χ0) is 12.0. The Kier molecular flexibility index (Phi) is 4.99. The highest BCUT2D eigenvalue weighted by atomic mass is 16.1. The lowest BCUT2D eigenvalue weighted by atomic mass is 10.0. The van der Waals surface area contributed by atoms with Crippen LogP contribution in [0, 0.1) is 6.92 Å². The van der Waals surface area contributed by atoms with Gasteiger partial charge in [-0.05, 0) is 31.4 Å². The van der Waals surface area contributed by atoms with E-state index >= 15 is 0 Å². The summed E-state index contributed by atoms with van der Waals surface area (Å²) in [5.41, 5.74) is 7.87. The van der Waals surface area contributed by atoms with E-state index in [4.69, 9.17) is 5.73 Å². The maximum atomic E-state index is 11.3. The summed E-state index contributed by atoms with van der Waals surface area (Å²) in [7, 11) is 0. The Hall–Kier alpha value is -1.35. The van der Waals surface area contributed by atoms with Crippen LogP contribution in [0.3, 0.4) is 0 Å². The lowest BCUT2D eigenvalue weighted by Crippen LogP contribution is -2.35. The number of carbonyl (C=O) groups excluding carboxylic acids is 1. The minimum absolute atomic E-state index is 0.0311. The topological polar surface area (TPSA) is 55.1 Å². The van der Waals surface area contributed by atoms with E-state index in [2.05, 4.69) is 24.4 Å². The lowest BCUT2D eigenvalue weighted by Gasteiger charge is -2.15. The fourth-order valence-electron chi connectivity index (χ4n) is 1.70. The van der Waals surface area contributed by atoms with E-state index < -0.39 is 0 Å². The van der Waals surface area contributed by atoms with Gasteiger partial charge in [-0.3, -0.25) is 4.79 Å². The molecule has 3 nitrogen and oxygen atoms in total. The van der Waals surface area contributed by atoms with Crippen LogP contribution in [-0.2, 0) is 11.2 Å². The second kappa shape index (κ2) is 6.28. The second-order valence-electron chi connectivity index (χ2n) is 4.14. The Balaban J connectivity index is 2.48. The van der Waals surface area contributed by atoms with Crippen molar-refractivity contribution in [2.75, 3.05) is 6.54 Å². The van der Waals surface area contributed by atoms with E-state index in [1.165, 1.54) is 11.1 Å². The molecule has 1 unspecified atom stereocenters. The number of rotatable bonds is 5. The van der Waals surface area contributed by atoms with E-state index in [1.54, 1.807) is 0 Å². The smallest absolute Gasteiger partial charge is 0.221 e. The van der Waals surface area contributed by atoms with E-state index in [9.17, 15) is 4.79 Å². The van der Waals surface area contributed by atoms with Crippen LogP contribution in [0.2, 0.25) is 0 Å². The highest BCUT2D eigenvalue weighted by molar-refractivity contribution is 5.76. The van der Waals surface area contributed by atoms with Gasteiger partial charge >= 0.3 is 0 Å². The third kappa shape index (κ3) is 4.03. The van der Waals surface area contributed by atoms with E-state index in [1.807, 2.05) is 19.1 Å². The standard InChI is InChI=1S/C13H20N2O/c1-10-5-3-4-6-12(10)9-11(2)15-13(16)7-8-14/h3-6,11H,7-9,14H2,1-2H3,(H,15,16). The van der Waals surface area contributed by atoms with Crippen LogP contribution in [0.25, 0.3) is 0 Å². The molecular weight excluding hydrogens is 200 g/mol. The summed E-state index contributed by atoms with van der Waals surface area (Å²) < 4.78 is 0. The molecule has 1 rings (SSSR count). The van der Waals surface area contributed by atoms with Crippen molar-refractivity contribution in [3.05, 3.63) is 35.4 Å². The normalized spacial score (nSPS) is 12.2. The zero-order valence-electron chi connectivity index (χ0n) is 9.99. The highest BCUT2D eigenvalue weighted by Gasteiger charge is 2.08. The molecule has 0 fully saturated rings. The molecule has 3 heteroatoms. The molecular formula is C13H20N2O. The SMILES string of the molecule is Cc1ccccc1CC(C)NC(=O)CCN. The first-order chi connectivity index (χ1) is 7.63. The van der Waals surface area contributed by atoms with E-state index in [-0.39, 0.29) is 11.9 Å². The number of hydrogen-bond donors (Lipinski definition) is 2. The fourth-order valence-corrected chi connectivity index (χ4v) is 1.70. The molecule has 3 N–H and O–H groups in total. The molecule has 0 aliphatic carbocycles. The van der Waals surface area contributed by atoms with Crippen LogP contribution in [0.5, 0.6) is 0 Å². The van der Waals surface area contributed by atoms with Gasteiger partial charge in [-0.15, -0.1) is 0 Å². The summed E-state index contributed by atoms with van der Waals surface area (Å²) in [5, 5.41) is 2.94. The van der Waals surface area contributed by atoms with Crippen LogP contribution in [0.1, 0.15) is 24.5 Å². The maximum Gasteiger partial charge on any atom is 0.221 e. The van der Waals surface area contributed by atoms with Gasteiger partial charge in [0, 0.05) is 19.0 Å². The number of carbonyl (C=O) groups is 1. The Morgan fingerprint density at radius 3 is 2.75 bits per heavy atom. The second-order valence-corrected chi connectivity index (χ2v) is 4.14. The van der Waals surface area contributed by atoms with Crippen molar-refractivity contribution in [3.63, 3.8) is 0 Å². The number of amides is 1. The molecule has 16 heavy (non-hydrogen) atoms. The van der Waals surface area contributed by atoms with E-state index in [0.717, 1.165) is 6.42 Å². The molecule has 0 saturated heterocycles. The monoisotopic (exact) mass is 220 g/mol. The van der Waals surface area contributed by atoms with Crippen LogP contribution < -0.4 is 11.1 Å². The predicted octanol–water partition coefficient (Wildman–Crippen LogP) is 1.39. The molecule has 1 atom stereocenters. The summed E-state index contributed by atoms with van der Waals surface area (Å²) in [6.45, 7) is 4.51. The maximum absolute atomic E-state index is 11.3. The Labute approximate surface area is 97.0 Å². The van der Waals surface area contributed by atoms with Crippen molar-refractivity contribution in [1.29, 1.82) is 0 Å². The largest absolute Gasteiger partial charge is 0.353 e. The molecule has 0 aliphatic rings. The Bertz CT molecular complexity index is 350. The third-order valence-corrected chi connectivity index (χ3v) is 2.57. The summed E-state index contributed by atoms with van der Waals surface area (Å²) in [6, 6.07) is 8.39. The van der Waals surface area contributed by atoms with Crippen molar-refractivity contribution in [2.45, 2.75) is 32.7 Å². The van der Waals surface area contributed by atoms with Crippen molar-refractivity contribution in [1.82, 2.24) is 5.32 Å². The number of nitrogens with one attached hydrogen (secondary N) is 1. The van der Waals surface area contributed by atoms with E-state index in [0.29, 0.717) is 13.0 Å². The minimum Gasteiger partial charge on any atom is -0.353 e. The Morgan fingerprint density at radius 1 is 1.44 bits per heavy atom. The summed E-state index contributed by atoms with van der Waals surface area (Å²) in [6.07, 6.45) is 1.26. The molecule has 0 aliphatic heterocycles. The van der Waals surface area contributed by atoms with Gasteiger partial charge in [0.2, 0.25) is 5.91 Å². The number of benzene rings is 1. The number of aryl methyl sites for hydroxylation is 1. The van der Waals surface area contributed by atoms with Crippen molar-refractivity contribution >= 4 is 5.91 Å². The van der Waals surface area contributed by atoms with Gasteiger partial charge in [0.15, 0.2) is 0 Å². The first-order valence-electron chi connectivity index (χ1n) is 5.67. The van der Waals surface area contributed by atoms with Gasteiger partial charge in [0.25, 0.3) is 0 Å². The summed E-state index contributed by atoms with van der Waals surface area (Å²) >= 11 is 0. The average molecular weight is 220 g/mol. The molecule has 0 spiro atoms. The van der Waals surface area contributed by atoms with Crippen LogP contribution in [0.15, 0.2) is 24.3 Å². The molecule has 0 saturated carbocycles. The van der Waals surface area contributed by atoms with Crippen molar-refractivity contribution in [2.24, 2.45) is 5.73 Å². The third-order valence-electron chi connectivity index (χ3n) is 2.57. The number of nitrogens with two attached hydrogens (primary N) is 1. The lowest BCUT2D eigenvalue weighted by molar-refractivity contribution is -0.121. The first kappa shape index (κ1) is 12.7. The molecule has 88 valence electrons. The average Bonchev–Trinajstić information content (AvgIpc) is 2.21. The van der Waals surface area contributed by atoms with Gasteiger partial charge in [-0.2, -0.15) is 0 Å². The summed E-state index contributed by atoms with van der Waals surface area (Å²) in [5.74, 6) is 0.0311. The van der Waals surface area contributed by atoms with Crippen molar-refractivity contribution in [3.8, 4) is 0 Å².